The van der Waals surface area contributed by atoms with Crippen molar-refractivity contribution in [3.05, 3.63) is 33.8 Å². The third kappa shape index (κ3) is 4.23. The number of benzene rings is 1. The van der Waals surface area contributed by atoms with E-state index in [9.17, 15) is 9.59 Å². The van der Waals surface area contributed by atoms with Gasteiger partial charge in [0.25, 0.3) is 5.91 Å². The van der Waals surface area contributed by atoms with Crippen molar-refractivity contribution in [2.45, 2.75) is 40.2 Å². The topological polar surface area (TPSA) is 66.4 Å². The number of carboxylic acid groups (broad SMARTS) is 1. The standard InChI is InChI=1S/C15H20ClNO3/c1-8(2)5-13(15(19)20)17-14(18)11-6-9(3)10(4)7-12(11)16/h6-8,13H,5H2,1-4H3,(H,17,18)(H,19,20)/t13-/m1/s1. The Morgan fingerprint density at radius 1 is 1.25 bits per heavy atom. The van der Waals surface area contributed by atoms with Gasteiger partial charge in [-0.05, 0) is 49.4 Å². The Morgan fingerprint density at radius 3 is 2.30 bits per heavy atom. The van der Waals surface area contributed by atoms with E-state index in [4.69, 9.17) is 16.7 Å². The maximum Gasteiger partial charge on any atom is 0.326 e. The second-order valence-corrected chi connectivity index (χ2v) is 5.82. The van der Waals surface area contributed by atoms with Crippen molar-refractivity contribution in [2.75, 3.05) is 0 Å². The molecule has 20 heavy (non-hydrogen) atoms. The fourth-order valence-corrected chi connectivity index (χ4v) is 2.19. The molecule has 1 amide bonds. The van der Waals surface area contributed by atoms with Crippen molar-refractivity contribution in [1.29, 1.82) is 0 Å². The Labute approximate surface area is 124 Å². The fourth-order valence-electron chi connectivity index (χ4n) is 1.88. The van der Waals surface area contributed by atoms with Crippen LogP contribution in [0.2, 0.25) is 5.02 Å². The molecular weight excluding hydrogens is 278 g/mol. The predicted octanol–water partition coefficient (Wildman–Crippen LogP) is 3.19. The highest BCUT2D eigenvalue weighted by atomic mass is 35.5. The monoisotopic (exact) mass is 297 g/mol. The van der Waals surface area contributed by atoms with Gasteiger partial charge in [0.05, 0.1) is 10.6 Å². The Kier molecular flexibility index (Phi) is 5.57. The van der Waals surface area contributed by atoms with Gasteiger partial charge in [0.2, 0.25) is 0 Å². The SMILES string of the molecule is Cc1cc(Cl)c(C(=O)N[C@H](CC(C)C)C(=O)O)cc1C. The number of halogens is 1. The molecule has 0 saturated carbocycles. The van der Waals surface area contributed by atoms with Crippen molar-refractivity contribution in [1.82, 2.24) is 5.32 Å². The minimum atomic E-state index is -1.04. The van der Waals surface area contributed by atoms with Crippen LogP contribution >= 0.6 is 11.6 Å². The van der Waals surface area contributed by atoms with E-state index in [1.165, 1.54) is 0 Å². The number of hydrogen-bond acceptors (Lipinski definition) is 2. The highest BCUT2D eigenvalue weighted by Gasteiger charge is 2.23. The number of nitrogens with one attached hydrogen (secondary N) is 1. The summed E-state index contributed by atoms with van der Waals surface area (Å²) in [4.78, 5) is 23.3. The first-order valence-electron chi connectivity index (χ1n) is 6.52. The van der Waals surface area contributed by atoms with Crippen LogP contribution in [-0.4, -0.2) is 23.0 Å². The van der Waals surface area contributed by atoms with E-state index in [1.807, 2.05) is 27.7 Å². The van der Waals surface area contributed by atoms with Gasteiger partial charge in [0.1, 0.15) is 6.04 Å². The molecule has 0 spiro atoms. The average Bonchev–Trinajstić information content (AvgIpc) is 2.32. The van der Waals surface area contributed by atoms with Crippen LogP contribution in [0.5, 0.6) is 0 Å². The van der Waals surface area contributed by atoms with E-state index in [1.54, 1.807) is 12.1 Å². The second kappa shape index (κ2) is 6.75. The molecule has 0 aliphatic carbocycles. The molecule has 5 heteroatoms. The molecule has 0 aliphatic rings. The van der Waals surface area contributed by atoms with Gasteiger partial charge in [0.15, 0.2) is 0 Å². The highest BCUT2D eigenvalue weighted by Crippen LogP contribution is 2.21. The summed E-state index contributed by atoms with van der Waals surface area (Å²) in [5, 5.41) is 12.0. The maximum atomic E-state index is 12.2. The van der Waals surface area contributed by atoms with Crippen molar-refractivity contribution >= 4 is 23.5 Å². The summed E-state index contributed by atoms with van der Waals surface area (Å²) in [6.45, 7) is 7.60. The summed E-state index contributed by atoms with van der Waals surface area (Å²) in [6.07, 6.45) is 0.379. The van der Waals surface area contributed by atoms with Gasteiger partial charge in [0, 0.05) is 0 Å². The molecule has 1 atom stereocenters. The van der Waals surface area contributed by atoms with Crippen molar-refractivity contribution in [2.24, 2.45) is 5.92 Å². The van der Waals surface area contributed by atoms with E-state index in [2.05, 4.69) is 5.32 Å². The number of carbonyl (C=O) groups excluding carboxylic acids is 1. The number of carbonyl (C=O) groups is 2. The number of rotatable bonds is 5. The molecule has 0 unspecified atom stereocenters. The third-order valence-electron chi connectivity index (χ3n) is 3.14. The molecule has 1 aromatic rings. The van der Waals surface area contributed by atoms with E-state index >= 15 is 0 Å². The molecule has 4 nitrogen and oxygen atoms in total. The summed E-state index contributed by atoms with van der Waals surface area (Å²) in [7, 11) is 0. The van der Waals surface area contributed by atoms with Crippen LogP contribution in [-0.2, 0) is 4.79 Å². The van der Waals surface area contributed by atoms with Gasteiger partial charge >= 0.3 is 5.97 Å². The fraction of sp³-hybridized carbons (Fsp3) is 0.467. The van der Waals surface area contributed by atoms with Crippen molar-refractivity contribution in [3.63, 3.8) is 0 Å². The average molecular weight is 298 g/mol. The Balaban J connectivity index is 2.95. The lowest BCUT2D eigenvalue weighted by Gasteiger charge is -2.17. The maximum absolute atomic E-state index is 12.2. The van der Waals surface area contributed by atoms with E-state index < -0.39 is 17.9 Å². The number of aliphatic carboxylic acids is 1. The van der Waals surface area contributed by atoms with Gasteiger partial charge in [-0.3, -0.25) is 4.79 Å². The minimum absolute atomic E-state index is 0.173. The van der Waals surface area contributed by atoms with Gasteiger partial charge in [-0.1, -0.05) is 25.4 Å². The van der Waals surface area contributed by atoms with Crippen molar-refractivity contribution < 1.29 is 14.7 Å². The zero-order valence-corrected chi connectivity index (χ0v) is 12.9. The lowest BCUT2D eigenvalue weighted by atomic mass is 10.0. The molecule has 2 N–H and O–H groups in total. The molecular formula is C15H20ClNO3. The highest BCUT2D eigenvalue weighted by molar-refractivity contribution is 6.34. The quantitative estimate of drug-likeness (QED) is 0.877. The summed E-state index contributed by atoms with van der Waals surface area (Å²) in [5.74, 6) is -1.32. The molecule has 0 bridgehead atoms. The van der Waals surface area contributed by atoms with Crippen LogP contribution in [0.4, 0.5) is 0 Å². The van der Waals surface area contributed by atoms with Gasteiger partial charge in [-0.2, -0.15) is 0 Å². The zero-order valence-electron chi connectivity index (χ0n) is 12.2. The minimum Gasteiger partial charge on any atom is -0.480 e. The summed E-state index contributed by atoms with van der Waals surface area (Å²) in [5.41, 5.74) is 2.24. The lowest BCUT2D eigenvalue weighted by Crippen LogP contribution is -2.41. The first-order chi connectivity index (χ1) is 9.22. The Morgan fingerprint density at radius 2 is 1.80 bits per heavy atom. The summed E-state index contributed by atoms with van der Waals surface area (Å²) >= 11 is 6.06. The summed E-state index contributed by atoms with van der Waals surface area (Å²) < 4.78 is 0. The normalized spacial score (nSPS) is 12.3. The number of aryl methyl sites for hydroxylation is 2. The molecule has 0 aliphatic heterocycles. The zero-order chi connectivity index (χ0) is 15.4. The van der Waals surface area contributed by atoms with Crippen LogP contribution < -0.4 is 5.32 Å². The first kappa shape index (κ1) is 16.5. The smallest absolute Gasteiger partial charge is 0.326 e. The van der Waals surface area contributed by atoms with Gasteiger partial charge < -0.3 is 10.4 Å². The summed E-state index contributed by atoms with van der Waals surface area (Å²) in [6, 6.07) is 2.49. The molecule has 1 aromatic carbocycles. The predicted molar refractivity (Wildman–Crippen MR) is 79.3 cm³/mol. The largest absolute Gasteiger partial charge is 0.480 e. The molecule has 0 aromatic heterocycles. The molecule has 0 fully saturated rings. The molecule has 0 radical (unpaired) electrons. The Hall–Kier alpha value is -1.55. The van der Waals surface area contributed by atoms with Crippen LogP contribution in [0.1, 0.15) is 41.8 Å². The van der Waals surface area contributed by atoms with Gasteiger partial charge in [-0.15, -0.1) is 0 Å². The Bertz CT molecular complexity index is 526. The number of amides is 1. The van der Waals surface area contributed by atoms with Crippen LogP contribution in [0, 0.1) is 19.8 Å². The van der Waals surface area contributed by atoms with E-state index in [0.717, 1.165) is 11.1 Å². The number of carboxylic acids is 1. The van der Waals surface area contributed by atoms with Gasteiger partial charge in [-0.25, -0.2) is 4.79 Å². The molecule has 0 saturated heterocycles. The van der Waals surface area contributed by atoms with E-state index in [0.29, 0.717) is 17.0 Å². The van der Waals surface area contributed by atoms with Crippen LogP contribution in [0.3, 0.4) is 0 Å². The molecule has 0 heterocycles. The van der Waals surface area contributed by atoms with E-state index in [-0.39, 0.29) is 5.92 Å². The molecule has 1 rings (SSSR count). The first-order valence-corrected chi connectivity index (χ1v) is 6.90. The third-order valence-corrected chi connectivity index (χ3v) is 3.45. The molecule has 110 valence electrons. The van der Waals surface area contributed by atoms with Crippen LogP contribution in [0.25, 0.3) is 0 Å². The van der Waals surface area contributed by atoms with Crippen molar-refractivity contribution in [3.8, 4) is 0 Å². The van der Waals surface area contributed by atoms with Crippen LogP contribution in [0.15, 0.2) is 12.1 Å². The lowest BCUT2D eigenvalue weighted by molar-refractivity contribution is -0.139. The second-order valence-electron chi connectivity index (χ2n) is 5.41. The number of hydrogen-bond donors (Lipinski definition) is 2.